The first kappa shape index (κ1) is 24.6. The van der Waals surface area contributed by atoms with Crippen molar-refractivity contribution in [1.29, 1.82) is 0 Å². The molecular formula is C24H25ClN2O5S. The van der Waals surface area contributed by atoms with E-state index < -0.39 is 15.9 Å². The third kappa shape index (κ3) is 6.04. The van der Waals surface area contributed by atoms with Crippen molar-refractivity contribution >= 4 is 33.2 Å². The van der Waals surface area contributed by atoms with Crippen molar-refractivity contribution in [3.05, 3.63) is 82.9 Å². The molecule has 3 rings (SSSR count). The molecule has 0 radical (unpaired) electrons. The Bertz CT molecular complexity index is 1230. The van der Waals surface area contributed by atoms with Crippen LogP contribution in [0.3, 0.4) is 0 Å². The number of rotatable bonds is 9. The average Bonchev–Trinajstić information content (AvgIpc) is 2.80. The van der Waals surface area contributed by atoms with Crippen molar-refractivity contribution in [2.24, 2.45) is 0 Å². The van der Waals surface area contributed by atoms with Crippen LogP contribution in [0, 0.1) is 0 Å². The average molecular weight is 489 g/mol. The van der Waals surface area contributed by atoms with E-state index in [9.17, 15) is 13.2 Å². The number of hydrogen-bond donors (Lipinski definition) is 1. The Kier molecular flexibility index (Phi) is 7.97. The van der Waals surface area contributed by atoms with Gasteiger partial charge in [-0.05, 0) is 61.0 Å². The second-order valence-electron chi connectivity index (χ2n) is 7.16. The van der Waals surface area contributed by atoms with Gasteiger partial charge >= 0.3 is 0 Å². The van der Waals surface area contributed by atoms with Crippen LogP contribution in [0.4, 0.5) is 5.69 Å². The molecule has 3 aromatic rings. The summed E-state index contributed by atoms with van der Waals surface area (Å²) in [6.45, 7) is 2.32. The SMILES string of the molecule is CCOc1ccc(S(=O)(=O)N(C)Cc2ccc(OC)cc2)cc1NC(=O)c1cccc(Cl)c1. The van der Waals surface area contributed by atoms with E-state index >= 15 is 0 Å². The normalized spacial score (nSPS) is 11.3. The molecule has 0 unspecified atom stereocenters. The van der Waals surface area contributed by atoms with E-state index in [-0.39, 0.29) is 17.1 Å². The van der Waals surface area contributed by atoms with Gasteiger partial charge in [0.1, 0.15) is 11.5 Å². The van der Waals surface area contributed by atoms with E-state index in [1.807, 2.05) is 0 Å². The molecule has 0 fully saturated rings. The highest BCUT2D eigenvalue weighted by Crippen LogP contribution is 2.30. The predicted octanol–water partition coefficient (Wildman–Crippen LogP) is 4.82. The monoisotopic (exact) mass is 488 g/mol. The highest BCUT2D eigenvalue weighted by Gasteiger charge is 2.23. The molecule has 0 aliphatic carbocycles. The van der Waals surface area contributed by atoms with Gasteiger partial charge < -0.3 is 14.8 Å². The molecule has 1 N–H and O–H groups in total. The lowest BCUT2D eigenvalue weighted by atomic mass is 10.2. The number of methoxy groups -OCH3 is 1. The molecule has 0 aliphatic rings. The third-order valence-corrected chi connectivity index (χ3v) is 6.89. The molecule has 0 bridgehead atoms. The zero-order valence-corrected chi connectivity index (χ0v) is 20.1. The lowest BCUT2D eigenvalue weighted by molar-refractivity contribution is 0.102. The first-order chi connectivity index (χ1) is 15.7. The van der Waals surface area contributed by atoms with Gasteiger partial charge in [0, 0.05) is 24.2 Å². The van der Waals surface area contributed by atoms with Crippen LogP contribution in [-0.4, -0.2) is 39.4 Å². The number of carbonyl (C=O) groups is 1. The van der Waals surface area contributed by atoms with Gasteiger partial charge in [0.25, 0.3) is 5.91 Å². The molecule has 0 spiro atoms. The molecule has 0 saturated heterocycles. The maximum absolute atomic E-state index is 13.2. The predicted molar refractivity (Wildman–Crippen MR) is 129 cm³/mol. The van der Waals surface area contributed by atoms with Gasteiger partial charge in [0.15, 0.2) is 0 Å². The Morgan fingerprint density at radius 1 is 1.06 bits per heavy atom. The highest BCUT2D eigenvalue weighted by atomic mass is 35.5. The topological polar surface area (TPSA) is 84.9 Å². The number of benzene rings is 3. The van der Waals surface area contributed by atoms with Gasteiger partial charge in [-0.1, -0.05) is 29.8 Å². The van der Waals surface area contributed by atoms with E-state index in [2.05, 4.69) is 5.32 Å². The number of sulfonamides is 1. The lowest BCUT2D eigenvalue weighted by Gasteiger charge is -2.19. The molecule has 0 atom stereocenters. The van der Waals surface area contributed by atoms with Crippen LogP contribution in [0.5, 0.6) is 11.5 Å². The van der Waals surface area contributed by atoms with Crippen molar-refractivity contribution in [3.8, 4) is 11.5 Å². The van der Waals surface area contributed by atoms with Crippen molar-refractivity contribution in [2.45, 2.75) is 18.4 Å². The maximum atomic E-state index is 13.2. The van der Waals surface area contributed by atoms with Gasteiger partial charge in [-0.3, -0.25) is 4.79 Å². The van der Waals surface area contributed by atoms with E-state index in [4.69, 9.17) is 21.1 Å². The van der Waals surface area contributed by atoms with Crippen LogP contribution in [0.1, 0.15) is 22.8 Å². The Labute approximate surface area is 198 Å². The summed E-state index contributed by atoms with van der Waals surface area (Å²) in [6, 6.07) is 18.0. The smallest absolute Gasteiger partial charge is 0.255 e. The molecule has 0 heterocycles. The number of anilines is 1. The van der Waals surface area contributed by atoms with Crippen molar-refractivity contribution < 1.29 is 22.7 Å². The van der Waals surface area contributed by atoms with Gasteiger partial charge in [-0.25, -0.2) is 8.42 Å². The fourth-order valence-corrected chi connectivity index (χ4v) is 4.50. The molecule has 174 valence electrons. The molecule has 0 saturated carbocycles. The van der Waals surface area contributed by atoms with Gasteiger partial charge in [0.2, 0.25) is 10.0 Å². The Balaban J connectivity index is 1.87. The number of ether oxygens (including phenoxy) is 2. The summed E-state index contributed by atoms with van der Waals surface area (Å²) in [5.74, 6) is 0.625. The zero-order chi connectivity index (χ0) is 24.0. The second kappa shape index (κ2) is 10.7. The minimum Gasteiger partial charge on any atom is -0.497 e. The van der Waals surface area contributed by atoms with Crippen molar-refractivity contribution in [1.82, 2.24) is 4.31 Å². The zero-order valence-electron chi connectivity index (χ0n) is 18.5. The second-order valence-corrected chi connectivity index (χ2v) is 9.65. The number of nitrogens with one attached hydrogen (secondary N) is 1. The summed E-state index contributed by atoms with van der Waals surface area (Å²) in [5.41, 5.74) is 1.40. The summed E-state index contributed by atoms with van der Waals surface area (Å²) < 4.78 is 38.4. The van der Waals surface area contributed by atoms with E-state index in [1.165, 1.54) is 35.6 Å². The summed E-state index contributed by atoms with van der Waals surface area (Å²) in [7, 11) is -0.770. The molecule has 33 heavy (non-hydrogen) atoms. The molecular weight excluding hydrogens is 464 g/mol. The summed E-state index contributed by atoms with van der Waals surface area (Å²) in [4.78, 5) is 12.7. The molecule has 3 aromatic carbocycles. The quantitative estimate of drug-likeness (QED) is 0.466. The first-order valence-corrected chi connectivity index (χ1v) is 12.0. The lowest BCUT2D eigenvalue weighted by Crippen LogP contribution is -2.26. The number of nitrogens with zero attached hydrogens (tertiary/aromatic N) is 1. The first-order valence-electron chi connectivity index (χ1n) is 10.2. The standard InChI is InChI=1S/C24H25ClN2O5S/c1-4-32-23-13-12-21(15-22(23)26-24(28)18-6-5-7-19(25)14-18)33(29,30)27(2)16-17-8-10-20(31-3)11-9-17/h5-15H,4,16H2,1-3H3,(H,26,28). The Morgan fingerprint density at radius 2 is 1.79 bits per heavy atom. The van der Waals surface area contributed by atoms with Crippen LogP contribution >= 0.6 is 11.6 Å². The number of hydrogen-bond acceptors (Lipinski definition) is 5. The van der Waals surface area contributed by atoms with E-state index in [0.29, 0.717) is 28.7 Å². The third-order valence-electron chi connectivity index (χ3n) is 4.86. The molecule has 0 aromatic heterocycles. The van der Waals surface area contributed by atoms with Crippen LogP contribution in [0.25, 0.3) is 0 Å². The van der Waals surface area contributed by atoms with Crippen LogP contribution in [0.15, 0.2) is 71.6 Å². The molecule has 0 aliphatic heterocycles. The maximum Gasteiger partial charge on any atom is 0.255 e. The fraction of sp³-hybridized carbons (Fsp3) is 0.208. The van der Waals surface area contributed by atoms with E-state index in [0.717, 1.165) is 5.56 Å². The van der Waals surface area contributed by atoms with Crippen LogP contribution in [0.2, 0.25) is 5.02 Å². The van der Waals surface area contributed by atoms with Gasteiger partial charge in [-0.2, -0.15) is 4.31 Å². The minimum absolute atomic E-state index is 0.0309. The number of halogens is 1. The van der Waals surface area contributed by atoms with Crippen LogP contribution < -0.4 is 14.8 Å². The molecule has 9 heteroatoms. The highest BCUT2D eigenvalue weighted by molar-refractivity contribution is 7.89. The number of carbonyl (C=O) groups excluding carboxylic acids is 1. The minimum atomic E-state index is -3.84. The van der Waals surface area contributed by atoms with Crippen molar-refractivity contribution in [3.63, 3.8) is 0 Å². The van der Waals surface area contributed by atoms with Gasteiger partial charge in [-0.15, -0.1) is 0 Å². The van der Waals surface area contributed by atoms with Gasteiger partial charge in [0.05, 0.1) is 24.3 Å². The number of amides is 1. The molecule has 7 nitrogen and oxygen atoms in total. The van der Waals surface area contributed by atoms with Crippen LogP contribution in [-0.2, 0) is 16.6 Å². The molecule has 1 amide bonds. The Hall–Kier alpha value is -3.07. The summed E-state index contributed by atoms with van der Waals surface area (Å²) in [5, 5.41) is 3.15. The fourth-order valence-electron chi connectivity index (χ4n) is 3.13. The van der Waals surface area contributed by atoms with E-state index in [1.54, 1.807) is 56.5 Å². The van der Waals surface area contributed by atoms with Crippen molar-refractivity contribution in [2.75, 3.05) is 26.1 Å². The summed E-state index contributed by atoms with van der Waals surface area (Å²) >= 11 is 5.98. The summed E-state index contributed by atoms with van der Waals surface area (Å²) in [6.07, 6.45) is 0. The largest absolute Gasteiger partial charge is 0.497 e. The Morgan fingerprint density at radius 3 is 2.42 bits per heavy atom.